The van der Waals surface area contributed by atoms with E-state index in [2.05, 4.69) is 9.72 Å². The summed E-state index contributed by atoms with van der Waals surface area (Å²) in [5.41, 5.74) is -0.215. The van der Waals surface area contributed by atoms with Crippen molar-refractivity contribution in [1.82, 2.24) is 14.0 Å². The van der Waals surface area contributed by atoms with Gasteiger partial charge in [-0.25, -0.2) is 9.78 Å². The quantitative estimate of drug-likeness (QED) is 0.713. The predicted molar refractivity (Wildman–Crippen MR) is 59.1 cm³/mol. The van der Waals surface area contributed by atoms with Crippen LogP contribution < -0.4 is 5.56 Å². The summed E-state index contributed by atoms with van der Waals surface area (Å²) in [5.74, 6) is -0.0893. The fraction of sp³-hybridized carbons (Fsp3) is 0.364. The molecule has 0 bridgehead atoms. The van der Waals surface area contributed by atoms with E-state index in [9.17, 15) is 9.59 Å². The van der Waals surface area contributed by atoms with Gasteiger partial charge in [-0.2, -0.15) is 0 Å². The third-order valence-corrected chi connectivity index (χ3v) is 2.88. The van der Waals surface area contributed by atoms with Crippen LogP contribution in [0.2, 0.25) is 0 Å². The number of ether oxygens (including phenoxy) is 1. The minimum absolute atomic E-state index is 0.0538. The van der Waals surface area contributed by atoms with E-state index in [1.165, 1.54) is 17.6 Å². The second kappa shape index (κ2) is 3.44. The van der Waals surface area contributed by atoms with Gasteiger partial charge in [0, 0.05) is 24.5 Å². The van der Waals surface area contributed by atoms with Crippen molar-refractivity contribution in [2.75, 3.05) is 7.11 Å². The molecule has 0 spiro atoms. The fourth-order valence-corrected chi connectivity index (χ4v) is 1.85. The van der Waals surface area contributed by atoms with Gasteiger partial charge >= 0.3 is 5.97 Å². The van der Waals surface area contributed by atoms with Gasteiger partial charge in [0.05, 0.1) is 7.11 Å². The molecule has 1 aliphatic carbocycles. The second-order valence-corrected chi connectivity index (χ2v) is 4.08. The summed E-state index contributed by atoms with van der Waals surface area (Å²) in [6, 6.07) is 1.59. The lowest BCUT2D eigenvalue weighted by molar-refractivity contribution is 0.0594. The maximum Gasteiger partial charge on any atom is 0.357 e. The number of hydrogen-bond acceptors (Lipinski definition) is 4. The van der Waals surface area contributed by atoms with Crippen molar-refractivity contribution in [2.45, 2.75) is 18.9 Å². The number of imidazole rings is 1. The van der Waals surface area contributed by atoms with Crippen LogP contribution in [0, 0.1) is 0 Å². The predicted octanol–water partition coefficient (Wildman–Crippen LogP) is 0.617. The summed E-state index contributed by atoms with van der Waals surface area (Å²) >= 11 is 0. The van der Waals surface area contributed by atoms with Crippen molar-refractivity contribution < 1.29 is 9.53 Å². The standard InChI is InChI=1S/C11H11N3O3/c1-17-10(16)8-6-9(15)14-5-4-13(7-2-3-7)11(14)12-8/h4-7H,2-3H2,1H3. The first-order valence-electron chi connectivity index (χ1n) is 5.39. The molecule has 6 nitrogen and oxygen atoms in total. The number of esters is 1. The highest BCUT2D eigenvalue weighted by molar-refractivity contribution is 5.87. The highest BCUT2D eigenvalue weighted by atomic mass is 16.5. The number of nitrogens with zero attached hydrogens (tertiary/aromatic N) is 3. The molecule has 1 aliphatic rings. The minimum Gasteiger partial charge on any atom is -0.464 e. The van der Waals surface area contributed by atoms with Crippen LogP contribution in [0.3, 0.4) is 0 Å². The first-order chi connectivity index (χ1) is 8.20. The number of carbonyl (C=O) groups excluding carboxylic acids is 1. The summed E-state index contributed by atoms with van der Waals surface area (Å²) < 4.78 is 7.93. The third-order valence-electron chi connectivity index (χ3n) is 2.88. The Labute approximate surface area is 96.5 Å². The zero-order valence-electron chi connectivity index (χ0n) is 9.29. The average molecular weight is 233 g/mol. The van der Waals surface area contributed by atoms with Crippen LogP contribution in [0.4, 0.5) is 0 Å². The van der Waals surface area contributed by atoms with Gasteiger partial charge in [-0.1, -0.05) is 0 Å². The van der Waals surface area contributed by atoms with E-state index >= 15 is 0 Å². The van der Waals surface area contributed by atoms with Crippen LogP contribution in [-0.2, 0) is 4.74 Å². The number of hydrogen-bond donors (Lipinski definition) is 0. The molecule has 0 aliphatic heterocycles. The first kappa shape index (κ1) is 10.1. The van der Waals surface area contributed by atoms with Crippen LogP contribution >= 0.6 is 0 Å². The molecule has 17 heavy (non-hydrogen) atoms. The Bertz CT molecular complexity index is 652. The molecule has 2 heterocycles. The van der Waals surface area contributed by atoms with Gasteiger partial charge in [0.2, 0.25) is 5.78 Å². The molecule has 2 aromatic rings. The first-order valence-corrected chi connectivity index (χ1v) is 5.39. The number of aromatic nitrogens is 3. The molecule has 2 aromatic heterocycles. The van der Waals surface area contributed by atoms with Crippen LogP contribution in [0.15, 0.2) is 23.3 Å². The Morgan fingerprint density at radius 3 is 2.88 bits per heavy atom. The Morgan fingerprint density at radius 1 is 1.47 bits per heavy atom. The highest BCUT2D eigenvalue weighted by Crippen LogP contribution is 2.35. The maximum atomic E-state index is 11.8. The van der Waals surface area contributed by atoms with Crippen molar-refractivity contribution in [3.8, 4) is 0 Å². The van der Waals surface area contributed by atoms with Gasteiger partial charge in [0.1, 0.15) is 0 Å². The number of methoxy groups -OCH3 is 1. The van der Waals surface area contributed by atoms with E-state index < -0.39 is 5.97 Å². The summed E-state index contributed by atoms with van der Waals surface area (Å²) in [6.45, 7) is 0. The fourth-order valence-electron chi connectivity index (χ4n) is 1.85. The van der Waals surface area contributed by atoms with Gasteiger partial charge in [0.15, 0.2) is 5.69 Å². The molecule has 1 fully saturated rings. The molecular formula is C11H11N3O3. The van der Waals surface area contributed by atoms with Crippen molar-refractivity contribution in [1.29, 1.82) is 0 Å². The van der Waals surface area contributed by atoms with Crippen LogP contribution in [0.25, 0.3) is 5.78 Å². The Morgan fingerprint density at radius 2 is 2.24 bits per heavy atom. The molecule has 0 N–H and O–H groups in total. The van der Waals surface area contributed by atoms with Crippen molar-refractivity contribution in [3.63, 3.8) is 0 Å². The van der Waals surface area contributed by atoms with Gasteiger partial charge in [-0.15, -0.1) is 0 Å². The van der Waals surface area contributed by atoms with Crippen molar-refractivity contribution in [3.05, 3.63) is 34.5 Å². The number of carbonyl (C=O) groups is 1. The molecule has 0 radical (unpaired) electrons. The molecular weight excluding hydrogens is 222 g/mol. The zero-order valence-corrected chi connectivity index (χ0v) is 9.29. The summed E-state index contributed by atoms with van der Waals surface area (Å²) in [5, 5.41) is 0. The lowest BCUT2D eigenvalue weighted by Crippen LogP contribution is -2.18. The van der Waals surface area contributed by atoms with Gasteiger partial charge in [-0.3, -0.25) is 9.20 Å². The van der Waals surface area contributed by atoms with Gasteiger partial charge in [0.25, 0.3) is 5.56 Å². The van der Waals surface area contributed by atoms with E-state index in [-0.39, 0.29) is 11.3 Å². The summed E-state index contributed by atoms with van der Waals surface area (Å²) in [4.78, 5) is 27.3. The monoisotopic (exact) mass is 233 g/mol. The lowest BCUT2D eigenvalue weighted by Gasteiger charge is -2.02. The molecule has 0 aromatic carbocycles. The van der Waals surface area contributed by atoms with E-state index in [4.69, 9.17) is 0 Å². The molecule has 6 heteroatoms. The Kier molecular flexibility index (Phi) is 2.04. The van der Waals surface area contributed by atoms with E-state index in [1.807, 2.05) is 10.8 Å². The van der Waals surface area contributed by atoms with Gasteiger partial charge in [-0.05, 0) is 12.8 Å². The molecule has 1 saturated carbocycles. The summed E-state index contributed by atoms with van der Waals surface area (Å²) in [7, 11) is 1.27. The average Bonchev–Trinajstić information content (AvgIpc) is 3.08. The third kappa shape index (κ3) is 1.52. The van der Waals surface area contributed by atoms with Crippen molar-refractivity contribution in [2.24, 2.45) is 0 Å². The topological polar surface area (TPSA) is 65.6 Å². The lowest BCUT2D eigenvalue weighted by atomic mass is 10.4. The molecule has 3 rings (SSSR count). The number of rotatable bonds is 2. The maximum absolute atomic E-state index is 11.8. The van der Waals surface area contributed by atoms with E-state index in [1.54, 1.807) is 6.20 Å². The second-order valence-electron chi connectivity index (χ2n) is 4.08. The van der Waals surface area contributed by atoms with Crippen LogP contribution in [-0.4, -0.2) is 27.0 Å². The zero-order chi connectivity index (χ0) is 12.0. The molecule has 0 amide bonds. The molecule has 0 saturated heterocycles. The van der Waals surface area contributed by atoms with Crippen LogP contribution in [0.1, 0.15) is 29.4 Å². The largest absolute Gasteiger partial charge is 0.464 e. The molecule has 88 valence electrons. The summed E-state index contributed by atoms with van der Waals surface area (Å²) in [6.07, 6.45) is 5.66. The Balaban J connectivity index is 2.24. The van der Waals surface area contributed by atoms with E-state index in [0.29, 0.717) is 11.8 Å². The van der Waals surface area contributed by atoms with Crippen molar-refractivity contribution >= 4 is 11.7 Å². The minimum atomic E-state index is -0.590. The SMILES string of the molecule is COC(=O)c1cc(=O)n2ccn(C3CC3)c2n1. The molecule has 0 unspecified atom stereocenters. The number of fused-ring (bicyclic) bond motifs is 1. The van der Waals surface area contributed by atoms with Gasteiger partial charge < -0.3 is 9.30 Å². The molecule has 0 atom stereocenters. The normalized spacial score (nSPS) is 15.1. The smallest absolute Gasteiger partial charge is 0.357 e. The Hall–Kier alpha value is -2.11. The van der Waals surface area contributed by atoms with E-state index in [0.717, 1.165) is 12.8 Å². The highest BCUT2D eigenvalue weighted by Gasteiger charge is 2.26. The van der Waals surface area contributed by atoms with Crippen LogP contribution in [0.5, 0.6) is 0 Å².